The fourth-order valence-electron chi connectivity index (χ4n) is 9.62. The molecule has 0 aliphatic rings. The van der Waals surface area contributed by atoms with Crippen LogP contribution in [0.2, 0.25) is 0 Å². The molecule has 0 aromatic heterocycles. The number of nitrogens with one attached hydrogen (secondary N) is 1. The van der Waals surface area contributed by atoms with Crippen LogP contribution < -0.4 is 10.2 Å². The zero-order valence-electron chi connectivity index (χ0n) is 53.3. The smallest absolute Gasteiger partial charge is 0.306 e. The number of likely N-dealkylation sites (N-methyl/N-ethyl adjacent to an activating group) is 1. The number of hydrogen-bond acceptors (Lipinski definition) is 7. The van der Waals surface area contributed by atoms with Crippen LogP contribution in [-0.2, 0) is 27.9 Å². The first-order chi connectivity index (χ1) is 38.9. The summed E-state index contributed by atoms with van der Waals surface area (Å²) >= 11 is 0. The number of nitrogens with zero attached hydrogens (tertiary/aromatic N) is 1. The number of unbranched alkanes of at least 4 members (excludes halogenated alkanes) is 35. The van der Waals surface area contributed by atoms with Crippen LogP contribution in [0.5, 0.6) is 0 Å². The molecule has 0 bridgehead atoms. The predicted octanol–water partition coefficient (Wildman–Crippen LogP) is 20.5. The summed E-state index contributed by atoms with van der Waals surface area (Å²) in [5.41, 5.74) is 0. The van der Waals surface area contributed by atoms with Gasteiger partial charge in [0, 0.05) is 12.8 Å². The Morgan fingerprint density at radius 1 is 0.438 bits per heavy atom. The largest absolute Gasteiger partial charge is 0.756 e. The molecule has 1 amide bonds. The van der Waals surface area contributed by atoms with Crippen molar-refractivity contribution < 1.29 is 37.3 Å². The van der Waals surface area contributed by atoms with Gasteiger partial charge in [0.05, 0.1) is 33.8 Å². The van der Waals surface area contributed by atoms with Crippen LogP contribution in [0.25, 0.3) is 0 Å². The Hall–Kier alpha value is -2.55. The molecular weight excluding hydrogens is 1010 g/mol. The normalized spacial score (nSPS) is 14.0. The minimum absolute atomic E-state index is 0.0267. The molecule has 0 aromatic carbocycles. The lowest BCUT2D eigenvalue weighted by atomic mass is 10.0. The van der Waals surface area contributed by atoms with Crippen molar-refractivity contribution in [3.8, 4) is 0 Å². The molecule has 0 spiro atoms. The molecule has 0 saturated heterocycles. The van der Waals surface area contributed by atoms with Crippen LogP contribution >= 0.6 is 7.82 Å². The highest BCUT2D eigenvalue weighted by Gasteiger charge is 2.27. The molecule has 80 heavy (non-hydrogen) atoms. The maximum absolute atomic E-state index is 13.6. The van der Waals surface area contributed by atoms with Gasteiger partial charge < -0.3 is 28.5 Å². The number of hydrogen-bond donors (Lipinski definition) is 1. The number of quaternary nitrogens is 1. The van der Waals surface area contributed by atoms with E-state index in [9.17, 15) is 19.0 Å². The van der Waals surface area contributed by atoms with Gasteiger partial charge in [-0.1, -0.05) is 267 Å². The molecule has 0 heterocycles. The number of amides is 1. The third-order valence-corrected chi connectivity index (χ3v) is 15.8. The number of allylic oxidation sites excluding steroid dienone is 11. The second-order valence-electron chi connectivity index (χ2n) is 24.0. The van der Waals surface area contributed by atoms with Gasteiger partial charge in [0.2, 0.25) is 5.91 Å². The van der Waals surface area contributed by atoms with Crippen LogP contribution in [0.3, 0.4) is 0 Å². The Morgan fingerprint density at radius 2 is 0.762 bits per heavy atom. The molecule has 0 aliphatic heterocycles. The van der Waals surface area contributed by atoms with Gasteiger partial charge in [0.15, 0.2) is 0 Å². The van der Waals surface area contributed by atoms with Gasteiger partial charge >= 0.3 is 5.97 Å². The summed E-state index contributed by atoms with van der Waals surface area (Å²) in [5.74, 6) is -0.550. The Balaban J connectivity index is 5.15. The lowest BCUT2D eigenvalue weighted by molar-refractivity contribution is -0.870. The predicted molar refractivity (Wildman–Crippen MR) is 344 cm³/mol. The molecule has 10 heteroatoms. The number of carbonyl (C=O) groups excluding carboxylic acids is 2. The third kappa shape index (κ3) is 60.1. The van der Waals surface area contributed by atoms with Crippen molar-refractivity contribution in [1.82, 2.24) is 5.32 Å². The molecule has 0 radical (unpaired) electrons. The van der Waals surface area contributed by atoms with Crippen molar-refractivity contribution >= 4 is 19.7 Å². The van der Waals surface area contributed by atoms with Crippen LogP contribution in [-0.4, -0.2) is 69.4 Å². The maximum atomic E-state index is 13.6. The quantitative estimate of drug-likeness (QED) is 0.0212. The van der Waals surface area contributed by atoms with Crippen LogP contribution in [0.4, 0.5) is 0 Å². The number of phosphoric acid groups is 1. The summed E-state index contributed by atoms with van der Waals surface area (Å²) in [6.07, 6.45) is 77.3. The van der Waals surface area contributed by atoms with E-state index < -0.39 is 26.6 Å². The molecule has 3 unspecified atom stereocenters. The van der Waals surface area contributed by atoms with Crippen molar-refractivity contribution in [2.75, 3.05) is 40.9 Å². The molecular formula is C70H129N2O7P. The minimum atomic E-state index is -4.71. The van der Waals surface area contributed by atoms with Gasteiger partial charge in [0.1, 0.15) is 19.3 Å². The molecule has 466 valence electrons. The van der Waals surface area contributed by atoms with Gasteiger partial charge in [-0.15, -0.1) is 0 Å². The molecule has 3 atom stereocenters. The Kier molecular flexibility index (Phi) is 57.7. The maximum Gasteiger partial charge on any atom is 0.306 e. The van der Waals surface area contributed by atoms with E-state index in [4.69, 9.17) is 13.8 Å². The average Bonchev–Trinajstić information content (AvgIpc) is 3.42. The summed E-state index contributed by atoms with van der Waals surface area (Å²) in [6.45, 7) is 6.80. The summed E-state index contributed by atoms with van der Waals surface area (Å²) < 4.78 is 30.4. The van der Waals surface area contributed by atoms with Gasteiger partial charge in [-0.3, -0.25) is 14.2 Å². The third-order valence-electron chi connectivity index (χ3n) is 14.9. The number of phosphoric ester groups is 1. The Morgan fingerprint density at radius 3 is 1.16 bits per heavy atom. The van der Waals surface area contributed by atoms with Crippen molar-refractivity contribution in [2.45, 2.75) is 322 Å². The van der Waals surface area contributed by atoms with E-state index >= 15 is 0 Å². The van der Waals surface area contributed by atoms with E-state index in [0.29, 0.717) is 17.4 Å². The van der Waals surface area contributed by atoms with E-state index in [1.807, 2.05) is 33.3 Å². The summed E-state index contributed by atoms with van der Waals surface area (Å²) in [4.78, 5) is 40.1. The van der Waals surface area contributed by atoms with Crippen molar-refractivity contribution in [3.63, 3.8) is 0 Å². The first kappa shape index (κ1) is 77.5. The molecule has 0 saturated carbocycles. The summed E-state index contributed by atoms with van der Waals surface area (Å²) in [6, 6.07) is -0.898. The number of ether oxygens (including phenoxy) is 1. The van der Waals surface area contributed by atoms with Crippen LogP contribution in [0.15, 0.2) is 72.9 Å². The Labute approximate surface area is 495 Å². The molecule has 0 fully saturated rings. The zero-order valence-corrected chi connectivity index (χ0v) is 54.2. The SMILES string of the molecule is CCCCC/C=C\C/C=C\C/C=C\CCCCCCCCC(=O)NC(COP(=O)([O-])OCC[N+](C)(C)C)C(/C=C/CCCCCCCCCCCC)OC(=O)CCCCCCCCCCCCCCC/C=C\C/C=C\CCCCC. The van der Waals surface area contributed by atoms with E-state index in [1.54, 1.807) is 0 Å². The van der Waals surface area contributed by atoms with Crippen molar-refractivity contribution in [2.24, 2.45) is 0 Å². The number of rotatable bonds is 61. The fourth-order valence-corrected chi connectivity index (χ4v) is 10.3. The Bertz CT molecular complexity index is 1600. The lowest BCUT2D eigenvalue weighted by Crippen LogP contribution is -2.47. The van der Waals surface area contributed by atoms with Crippen molar-refractivity contribution in [1.29, 1.82) is 0 Å². The molecule has 0 aliphatic carbocycles. The second kappa shape index (κ2) is 59.6. The molecule has 1 N–H and O–H groups in total. The monoisotopic (exact) mass is 1140 g/mol. The highest BCUT2D eigenvalue weighted by atomic mass is 31.2. The fraction of sp³-hybridized carbons (Fsp3) is 0.800. The molecule has 9 nitrogen and oxygen atoms in total. The first-order valence-corrected chi connectivity index (χ1v) is 35.2. The van der Waals surface area contributed by atoms with Gasteiger partial charge in [-0.2, -0.15) is 0 Å². The zero-order chi connectivity index (χ0) is 58.6. The highest BCUT2D eigenvalue weighted by Crippen LogP contribution is 2.38. The minimum Gasteiger partial charge on any atom is -0.756 e. The van der Waals surface area contributed by atoms with E-state index in [2.05, 4.69) is 86.8 Å². The highest BCUT2D eigenvalue weighted by molar-refractivity contribution is 7.45. The number of esters is 1. The van der Waals surface area contributed by atoms with Gasteiger partial charge in [0.25, 0.3) is 7.82 Å². The van der Waals surface area contributed by atoms with Crippen LogP contribution in [0.1, 0.15) is 310 Å². The number of carbonyl (C=O) groups is 2. The standard InChI is InChI=1S/C70H129N2O7P/c1-7-10-13-16-19-22-25-28-30-32-34-35-36-37-39-41-43-45-48-51-54-57-60-63-70(74)79-68(61-58-55-52-49-46-27-24-21-18-15-12-9-3)67(66-78-80(75,76)77-65-64-72(4,5)6)71-69(73)62-59-56-53-50-47-44-42-40-38-33-31-29-26-23-20-17-14-11-8-2/h19-20,22-23,28-31,38,40,58,61,67-68H,7-18,21,24-27,32-37,39,41-57,59-60,62-66H2,1-6H3,(H-,71,73,75,76)/b22-19-,23-20-,30-28-,31-29-,40-38-,61-58+. The summed E-state index contributed by atoms with van der Waals surface area (Å²) in [5, 5.41) is 3.03. The second-order valence-corrected chi connectivity index (χ2v) is 25.4. The first-order valence-electron chi connectivity index (χ1n) is 33.7. The van der Waals surface area contributed by atoms with E-state index in [0.717, 1.165) is 103 Å². The average molecular weight is 1140 g/mol. The van der Waals surface area contributed by atoms with Crippen LogP contribution in [0, 0.1) is 0 Å². The topological polar surface area (TPSA) is 114 Å². The van der Waals surface area contributed by atoms with E-state index in [-0.39, 0.29) is 24.9 Å². The van der Waals surface area contributed by atoms with Crippen molar-refractivity contribution in [3.05, 3.63) is 72.9 Å². The molecule has 0 rings (SSSR count). The van der Waals surface area contributed by atoms with Gasteiger partial charge in [-0.05, 0) is 102 Å². The lowest BCUT2D eigenvalue weighted by Gasteiger charge is -2.30. The van der Waals surface area contributed by atoms with Gasteiger partial charge in [-0.25, -0.2) is 0 Å². The summed E-state index contributed by atoms with van der Waals surface area (Å²) in [7, 11) is 1.18. The van der Waals surface area contributed by atoms with E-state index in [1.165, 1.54) is 173 Å². The molecule has 0 aromatic rings.